The highest BCUT2D eigenvalue weighted by Gasteiger charge is 2.22. The van der Waals surface area contributed by atoms with E-state index in [0.29, 0.717) is 6.42 Å². The molecule has 0 bridgehead atoms. The zero-order valence-corrected chi connectivity index (χ0v) is 10.4. The van der Waals surface area contributed by atoms with Crippen LogP contribution >= 0.6 is 7.82 Å². The molecule has 1 aromatic carbocycles. The number of benzene rings is 1. The molecule has 0 radical (unpaired) electrons. The Bertz CT molecular complexity index is 385. The summed E-state index contributed by atoms with van der Waals surface area (Å²) in [6, 6.07) is 9.09. The molecule has 0 aromatic heterocycles. The summed E-state index contributed by atoms with van der Waals surface area (Å²) in [7, 11) is -4.46. The van der Waals surface area contributed by atoms with E-state index >= 15 is 0 Å². The van der Waals surface area contributed by atoms with Gasteiger partial charge in [0.25, 0.3) is 0 Å². The Morgan fingerprint density at radius 1 is 1.35 bits per heavy atom. The van der Waals surface area contributed by atoms with Gasteiger partial charge in [0.1, 0.15) is 0 Å². The molecule has 1 rings (SSSR count). The number of rotatable bonds is 7. The Balaban J connectivity index is 2.72. The molecule has 0 saturated heterocycles. The molecule has 0 fully saturated rings. The molecule has 0 heterocycles. The molecule has 4 nitrogen and oxygen atoms in total. The van der Waals surface area contributed by atoms with Crippen molar-refractivity contribution in [2.24, 2.45) is 0 Å². The van der Waals surface area contributed by atoms with Gasteiger partial charge in [0.15, 0.2) is 0 Å². The number of unbranched alkanes of at least 4 members (excludes halogenated alkanes) is 1. The number of hydrogen-bond acceptors (Lipinski definition) is 2. The predicted molar refractivity (Wildman–Crippen MR) is 66.4 cm³/mol. The van der Waals surface area contributed by atoms with E-state index in [2.05, 4.69) is 6.58 Å². The van der Waals surface area contributed by atoms with Crippen molar-refractivity contribution in [3.63, 3.8) is 0 Å². The first-order chi connectivity index (χ1) is 8.03. The Morgan fingerprint density at radius 3 is 2.53 bits per heavy atom. The second kappa shape index (κ2) is 6.72. The van der Waals surface area contributed by atoms with Crippen LogP contribution in [0, 0.1) is 0 Å². The molecule has 0 saturated carbocycles. The van der Waals surface area contributed by atoms with Crippen LogP contribution in [0.15, 0.2) is 43.0 Å². The van der Waals surface area contributed by atoms with Crippen LogP contribution in [0.1, 0.15) is 30.9 Å². The first kappa shape index (κ1) is 14.1. The number of phosphoric ester groups is 1. The summed E-state index contributed by atoms with van der Waals surface area (Å²) in [6.45, 7) is 3.61. The van der Waals surface area contributed by atoms with Crippen LogP contribution in [0.2, 0.25) is 0 Å². The highest BCUT2D eigenvalue weighted by atomic mass is 31.2. The van der Waals surface area contributed by atoms with Crippen LogP contribution < -0.4 is 0 Å². The Morgan fingerprint density at radius 2 is 2.00 bits per heavy atom. The zero-order chi connectivity index (χ0) is 12.7. The van der Waals surface area contributed by atoms with E-state index in [-0.39, 0.29) is 0 Å². The largest absolute Gasteiger partial charge is 0.470 e. The second-order valence-corrected chi connectivity index (χ2v) is 4.91. The monoisotopic (exact) mass is 256 g/mol. The Hall–Kier alpha value is -0.930. The fourth-order valence-corrected chi connectivity index (χ4v) is 2.12. The lowest BCUT2D eigenvalue weighted by atomic mass is 10.0. The van der Waals surface area contributed by atoms with Crippen molar-refractivity contribution in [2.45, 2.75) is 25.4 Å². The normalized spacial score (nSPS) is 13.3. The molecule has 2 N–H and O–H groups in total. The van der Waals surface area contributed by atoms with Gasteiger partial charge < -0.3 is 9.79 Å². The molecule has 0 aliphatic carbocycles. The lowest BCUT2D eigenvalue weighted by Gasteiger charge is -2.18. The van der Waals surface area contributed by atoms with E-state index in [4.69, 9.17) is 14.3 Å². The van der Waals surface area contributed by atoms with Crippen LogP contribution in [0.4, 0.5) is 0 Å². The molecule has 1 atom stereocenters. The van der Waals surface area contributed by atoms with E-state index in [1.807, 2.05) is 18.2 Å². The van der Waals surface area contributed by atoms with E-state index in [0.717, 1.165) is 18.4 Å². The van der Waals surface area contributed by atoms with Gasteiger partial charge >= 0.3 is 7.82 Å². The summed E-state index contributed by atoms with van der Waals surface area (Å²) < 4.78 is 15.7. The van der Waals surface area contributed by atoms with Crippen LogP contribution in [0.5, 0.6) is 0 Å². The standard InChI is InChI=1S/C12H17O4P/c1-2-3-5-10-12(16-17(13,14)15)11-8-6-4-7-9-11/h2,4,6-9,12H,1,3,5,10H2,(H2,13,14,15). The first-order valence-corrected chi connectivity index (χ1v) is 6.96. The van der Waals surface area contributed by atoms with E-state index in [9.17, 15) is 4.57 Å². The topological polar surface area (TPSA) is 66.8 Å². The quantitative estimate of drug-likeness (QED) is 0.446. The van der Waals surface area contributed by atoms with E-state index < -0.39 is 13.9 Å². The van der Waals surface area contributed by atoms with Gasteiger partial charge in [-0.25, -0.2) is 4.57 Å². The molecule has 1 unspecified atom stereocenters. The van der Waals surface area contributed by atoms with Crippen molar-refractivity contribution in [2.75, 3.05) is 0 Å². The lowest BCUT2D eigenvalue weighted by Crippen LogP contribution is -2.02. The van der Waals surface area contributed by atoms with Crippen LogP contribution in [-0.2, 0) is 9.09 Å². The average Bonchev–Trinajstić information content (AvgIpc) is 2.28. The summed E-state index contributed by atoms with van der Waals surface area (Å²) in [5.41, 5.74) is 0.778. The third-order valence-electron chi connectivity index (χ3n) is 2.31. The van der Waals surface area contributed by atoms with Gasteiger partial charge in [-0.3, -0.25) is 4.52 Å². The lowest BCUT2D eigenvalue weighted by molar-refractivity contribution is 0.126. The molecule has 0 aliphatic rings. The molecule has 94 valence electrons. The van der Waals surface area contributed by atoms with Crippen molar-refractivity contribution < 1.29 is 18.9 Å². The van der Waals surface area contributed by atoms with Gasteiger partial charge in [0, 0.05) is 0 Å². The predicted octanol–water partition coefficient (Wildman–Crippen LogP) is 3.19. The fraction of sp³-hybridized carbons (Fsp3) is 0.333. The van der Waals surface area contributed by atoms with Crippen LogP contribution in [-0.4, -0.2) is 9.79 Å². The Labute approximate surface area is 101 Å². The molecule has 0 spiro atoms. The zero-order valence-electron chi connectivity index (χ0n) is 9.53. The molecule has 0 aliphatic heterocycles. The van der Waals surface area contributed by atoms with Gasteiger partial charge in [-0.15, -0.1) is 6.58 Å². The first-order valence-electron chi connectivity index (χ1n) is 5.42. The van der Waals surface area contributed by atoms with Crippen LogP contribution in [0.25, 0.3) is 0 Å². The average molecular weight is 256 g/mol. The number of allylic oxidation sites excluding steroid dienone is 1. The molecule has 5 heteroatoms. The van der Waals surface area contributed by atoms with Crippen LogP contribution in [0.3, 0.4) is 0 Å². The van der Waals surface area contributed by atoms with Gasteiger partial charge in [-0.2, -0.15) is 0 Å². The van der Waals surface area contributed by atoms with Crippen molar-refractivity contribution >= 4 is 7.82 Å². The minimum atomic E-state index is -4.46. The van der Waals surface area contributed by atoms with Gasteiger partial charge in [-0.1, -0.05) is 36.4 Å². The van der Waals surface area contributed by atoms with Crippen molar-refractivity contribution in [1.29, 1.82) is 0 Å². The maximum Gasteiger partial charge on any atom is 0.470 e. The minimum absolute atomic E-state index is 0.557. The summed E-state index contributed by atoms with van der Waals surface area (Å²) in [6.07, 6.45) is 3.34. The summed E-state index contributed by atoms with van der Waals surface area (Å²) in [4.78, 5) is 17.7. The molecular formula is C12H17O4P. The molecular weight excluding hydrogens is 239 g/mol. The maximum atomic E-state index is 10.9. The van der Waals surface area contributed by atoms with Gasteiger partial charge in [-0.05, 0) is 24.8 Å². The SMILES string of the molecule is C=CCCCC(OP(=O)(O)O)c1ccccc1. The Kier molecular flexibility index (Phi) is 5.59. The molecule has 0 amide bonds. The van der Waals surface area contributed by atoms with E-state index in [1.165, 1.54) is 0 Å². The van der Waals surface area contributed by atoms with Crippen molar-refractivity contribution in [3.05, 3.63) is 48.6 Å². The molecule has 17 heavy (non-hydrogen) atoms. The van der Waals surface area contributed by atoms with Crippen molar-refractivity contribution in [1.82, 2.24) is 0 Å². The summed E-state index contributed by atoms with van der Waals surface area (Å²) in [5.74, 6) is 0. The summed E-state index contributed by atoms with van der Waals surface area (Å²) >= 11 is 0. The smallest absolute Gasteiger partial charge is 0.303 e. The molecule has 1 aromatic rings. The maximum absolute atomic E-state index is 10.9. The van der Waals surface area contributed by atoms with Crippen molar-refractivity contribution in [3.8, 4) is 0 Å². The number of hydrogen-bond donors (Lipinski definition) is 2. The summed E-state index contributed by atoms with van der Waals surface area (Å²) in [5, 5.41) is 0. The number of phosphoric acid groups is 1. The van der Waals surface area contributed by atoms with Gasteiger partial charge in [0.05, 0.1) is 6.10 Å². The van der Waals surface area contributed by atoms with E-state index in [1.54, 1.807) is 18.2 Å². The third-order valence-corrected chi connectivity index (χ3v) is 2.84. The third kappa shape index (κ3) is 5.80. The highest BCUT2D eigenvalue weighted by molar-refractivity contribution is 7.46. The van der Waals surface area contributed by atoms with Gasteiger partial charge in [0.2, 0.25) is 0 Å². The fourth-order valence-electron chi connectivity index (χ4n) is 1.56. The highest BCUT2D eigenvalue weighted by Crippen LogP contribution is 2.43. The minimum Gasteiger partial charge on any atom is -0.303 e. The second-order valence-electron chi connectivity index (χ2n) is 3.71.